The summed E-state index contributed by atoms with van der Waals surface area (Å²) in [6.45, 7) is 3.36. The summed E-state index contributed by atoms with van der Waals surface area (Å²) < 4.78 is 0. The molecular weight excluding hydrogens is 587 g/mol. The van der Waals surface area contributed by atoms with Crippen molar-refractivity contribution in [3.05, 3.63) is 144 Å². The smallest absolute Gasteiger partial charge is 0.871 e. The Morgan fingerprint density at radius 3 is 1.09 bits per heavy atom. The Morgan fingerprint density at radius 2 is 0.791 bits per heavy atom. The fourth-order valence-electron chi connectivity index (χ4n) is 4.49. The fourth-order valence-corrected chi connectivity index (χ4v) is 4.49. The minimum absolute atomic E-state index is 0. The maximum Gasteiger partial charge on any atom is 2.00 e. The molecule has 1 radical (unpaired) electrons. The number of rotatable bonds is 4. The summed E-state index contributed by atoms with van der Waals surface area (Å²) >= 11 is 0. The summed E-state index contributed by atoms with van der Waals surface area (Å²) in [4.78, 5) is 25.0. The van der Waals surface area contributed by atoms with Crippen LogP contribution in [0.15, 0.2) is 143 Å². The molecule has 215 valence electrons. The minimum Gasteiger partial charge on any atom is -0.871 e. The number of anilines is 2. The van der Waals surface area contributed by atoms with Gasteiger partial charge in [0.15, 0.2) is 0 Å². The average molecular weight is 614 g/mol. The third kappa shape index (κ3) is 6.48. The zero-order valence-electron chi connectivity index (χ0n) is 23.3. The maximum absolute atomic E-state index is 12.5. The maximum atomic E-state index is 12.5. The number of nitrogens with zero attached hydrogens (tertiary/aromatic N) is 4. The normalized spacial score (nSPS) is 16.5. The summed E-state index contributed by atoms with van der Waals surface area (Å²) in [6, 6.07) is 35.7. The number of hydrogen-bond acceptors (Lipinski definition) is 6. The first-order chi connectivity index (χ1) is 20.4. The van der Waals surface area contributed by atoms with Crippen LogP contribution in [0.2, 0.25) is 0 Å². The molecule has 0 bridgehead atoms. The van der Waals surface area contributed by atoms with Crippen LogP contribution < -0.4 is 20.2 Å². The molecule has 2 amide bonds. The Labute approximate surface area is 259 Å². The number of carbonyl (C=O) groups excluding carboxylic acids is 2. The molecule has 9 heteroatoms. The predicted octanol–water partition coefficient (Wildman–Crippen LogP) is 4.36. The van der Waals surface area contributed by atoms with Crippen LogP contribution in [0.1, 0.15) is 25.0 Å². The number of para-hydroxylation sites is 2. The Balaban J connectivity index is 0.000000192. The second-order valence-corrected chi connectivity index (χ2v) is 9.42. The Bertz CT molecular complexity index is 1610. The fraction of sp³-hybridized carbons (Fsp3) is 0.0588. The summed E-state index contributed by atoms with van der Waals surface area (Å²) in [5.41, 5.74) is 3.43. The van der Waals surface area contributed by atoms with Gasteiger partial charge in [0, 0.05) is 0 Å². The number of hydrazone groups is 2. The van der Waals surface area contributed by atoms with Crippen molar-refractivity contribution in [1.82, 2.24) is 0 Å². The number of benzene rings is 4. The summed E-state index contributed by atoms with van der Waals surface area (Å²) in [6.07, 6.45) is 0. The molecule has 0 fully saturated rings. The van der Waals surface area contributed by atoms with E-state index < -0.39 is 0 Å². The van der Waals surface area contributed by atoms with Crippen LogP contribution >= 0.6 is 0 Å². The van der Waals surface area contributed by atoms with Gasteiger partial charge in [-0.3, -0.25) is 9.59 Å². The second-order valence-electron chi connectivity index (χ2n) is 9.42. The number of carbonyl (C=O) groups is 2. The molecule has 0 unspecified atom stereocenters. The van der Waals surface area contributed by atoms with Gasteiger partial charge in [0.05, 0.1) is 33.9 Å². The van der Waals surface area contributed by atoms with Crippen molar-refractivity contribution in [2.75, 3.05) is 10.0 Å². The molecule has 2 aliphatic rings. The van der Waals surface area contributed by atoms with Crippen LogP contribution in [0.25, 0.3) is 11.5 Å². The van der Waals surface area contributed by atoms with Crippen LogP contribution in [0.3, 0.4) is 0 Å². The molecule has 2 aliphatic heterocycles. The first-order valence-corrected chi connectivity index (χ1v) is 13.2. The molecule has 0 N–H and O–H groups in total. The van der Waals surface area contributed by atoms with Gasteiger partial charge in [-0.1, -0.05) is 109 Å². The van der Waals surface area contributed by atoms with Crippen molar-refractivity contribution in [1.29, 1.82) is 0 Å². The minimum atomic E-state index is -0.382. The second kappa shape index (κ2) is 13.6. The third-order valence-corrected chi connectivity index (χ3v) is 6.56. The predicted molar refractivity (Wildman–Crippen MR) is 161 cm³/mol. The van der Waals surface area contributed by atoms with Gasteiger partial charge in [-0.2, -0.15) is 20.2 Å². The van der Waals surface area contributed by atoms with Crippen LogP contribution in [0.5, 0.6) is 0 Å². The van der Waals surface area contributed by atoms with Gasteiger partial charge in [-0.05, 0) is 49.2 Å². The van der Waals surface area contributed by atoms with E-state index in [4.69, 9.17) is 0 Å². The van der Waals surface area contributed by atoms with Crippen molar-refractivity contribution < 1.29 is 36.6 Å². The molecule has 43 heavy (non-hydrogen) atoms. The van der Waals surface area contributed by atoms with Gasteiger partial charge >= 0.3 is 16.8 Å². The van der Waals surface area contributed by atoms with Crippen molar-refractivity contribution in [2.24, 2.45) is 10.2 Å². The van der Waals surface area contributed by atoms with Crippen molar-refractivity contribution >= 4 is 46.1 Å². The van der Waals surface area contributed by atoms with Crippen molar-refractivity contribution in [3.63, 3.8) is 0 Å². The summed E-state index contributed by atoms with van der Waals surface area (Å²) in [5, 5.41) is 35.9. The molecular formula is C34H26CoN4O4. The molecule has 0 aromatic heterocycles. The van der Waals surface area contributed by atoms with E-state index in [0.717, 1.165) is 0 Å². The van der Waals surface area contributed by atoms with Gasteiger partial charge in [0.1, 0.15) is 0 Å². The zero-order valence-corrected chi connectivity index (χ0v) is 24.3. The average Bonchev–Trinajstić information content (AvgIpc) is 3.51. The monoisotopic (exact) mass is 613 g/mol. The molecule has 0 atom stereocenters. The van der Waals surface area contributed by atoms with E-state index in [1.165, 1.54) is 10.0 Å². The molecule has 2 heterocycles. The molecule has 0 saturated carbocycles. The van der Waals surface area contributed by atoms with Gasteiger partial charge in [0.2, 0.25) is 0 Å². The van der Waals surface area contributed by atoms with E-state index in [0.29, 0.717) is 33.9 Å². The largest absolute Gasteiger partial charge is 2.00 e. The van der Waals surface area contributed by atoms with E-state index in [2.05, 4.69) is 10.2 Å². The number of amides is 2. The van der Waals surface area contributed by atoms with Gasteiger partial charge in [-0.25, -0.2) is 0 Å². The molecule has 8 nitrogen and oxygen atoms in total. The SMILES string of the molecule is CC1=NN(c2ccccc2)C(=O)/C1=C(\[O-])c1ccccc1.CC1=NN(c2ccccc2)C(=O)/C1=C(\[O-])c1ccccc1.[Co+2]. The summed E-state index contributed by atoms with van der Waals surface area (Å²) in [5.74, 6) is -1.35. The van der Waals surface area contributed by atoms with Crippen molar-refractivity contribution in [3.8, 4) is 0 Å². The Morgan fingerprint density at radius 1 is 0.512 bits per heavy atom. The first-order valence-electron chi connectivity index (χ1n) is 13.2. The summed E-state index contributed by atoms with van der Waals surface area (Å²) in [7, 11) is 0. The molecule has 4 aromatic carbocycles. The molecule has 6 rings (SSSR count). The standard InChI is InChI=1S/2C17H14N2O2.Co/c2*1-12-15(16(20)13-8-4-2-5-9-13)17(21)19(18-12)14-10-6-3-7-11-14;/h2*2-11,20H,1H3;/q;;+2/p-2/b2*16-15-;. The topological polar surface area (TPSA) is 111 Å². The quantitative estimate of drug-likeness (QED) is 0.252. The van der Waals surface area contributed by atoms with E-state index in [-0.39, 0.29) is 51.3 Å². The van der Waals surface area contributed by atoms with E-state index >= 15 is 0 Å². The molecule has 0 aliphatic carbocycles. The number of hydrogen-bond donors (Lipinski definition) is 0. The van der Waals surface area contributed by atoms with Crippen LogP contribution in [-0.2, 0) is 26.4 Å². The van der Waals surface area contributed by atoms with E-state index in [1.807, 2.05) is 48.5 Å². The van der Waals surface area contributed by atoms with Gasteiger partial charge < -0.3 is 10.2 Å². The molecule has 4 aromatic rings. The van der Waals surface area contributed by atoms with E-state index in [9.17, 15) is 19.8 Å². The third-order valence-electron chi connectivity index (χ3n) is 6.56. The first kappa shape index (κ1) is 30.7. The van der Waals surface area contributed by atoms with Crippen molar-refractivity contribution in [2.45, 2.75) is 13.8 Å². The van der Waals surface area contributed by atoms with Crippen LogP contribution in [-0.4, -0.2) is 23.2 Å². The van der Waals surface area contributed by atoms with Gasteiger partial charge in [0.25, 0.3) is 11.8 Å². The molecule has 0 saturated heterocycles. The Hall–Kier alpha value is -5.25. The molecule has 0 spiro atoms. The zero-order chi connectivity index (χ0) is 29.6. The van der Waals surface area contributed by atoms with Crippen LogP contribution in [0, 0.1) is 0 Å². The van der Waals surface area contributed by atoms with Gasteiger partial charge in [-0.15, -0.1) is 0 Å². The van der Waals surface area contributed by atoms with Crippen LogP contribution in [0.4, 0.5) is 11.4 Å². The Kier molecular flexibility index (Phi) is 9.71. The van der Waals surface area contributed by atoms with E-state index in [1.54, 1.807) is 86.6 Å².